The highest BCUT2D eigenvalue weighted by Crippen LogP contribution is 2.25. The lowest BCUT2D eigenvalue weighted by Crippen LogP contribution is -2.26. The van der Waals surface area contributed by atoms with E-state index in [9.17, 15) is 4.79 Å². The predicted molar refractivity (Wildman–Crippen MR) is 105 cm³/mol. The van der Waals surface area contributed by atoms with Crippen LogP contribution in [0.2, 0.25) is 0 Å². The van der Waals surface area contributed by atoms with Gasteiger partial charge in [0.25, 0.3) is 5.91 Å². The zero-order chi connectivity index (χ0) is 18.5. The summed E-state index contributed by atoms with van der Waals surface area (Å²) >= 11 is 3.44. The van der Waals surface area contributed by atoms with Gasteiger partial charge in [-0.1, -0.05) is 32.0 Å². The number of para-hydroxylation sites is 1. The molecule has 0 aliphatic carbocycles. The Morgan fingerprint density at radius 1 is 1.31 bits per heavy atom. The van der Waals surface area contributed by atoms with Gasteiger partial charge in [-0.05, 0) is 40.4 Å². The summed E-state index contributed by atoms with van der Waals surface area (Å²) in [6.45, 7) is 5.08. The molecule has 0 saturated heterocycles. The summed E-state index contributed by atoms with van der Waals surface area (Å²) in [7, 11) is 0. The summed E-state index contributed by atoms with van der Waals surface area (Å²) in [5, 5.41) is 10.9. The van der Waals surface area contributed by atoms with Crippen LogP contribution in [0.25, 0.3) is 10.9 Å². The lowest BCUT2D eigenvalue weighted by Gasteiger charge is -2.09. The molecule has 0 unspecified atom stereocenters. The lowest BCUT2D eigenvalue weighted by molar-refractivity contribution is 0.0946. The molecule has 0 radical (unpaired) electrons. The van der Waals surface area contributed by atoms with Crippen LogP contribution in [0, 0.1) is 0 Å². The molecule has 0 fully saturated rings. The minimum absolute atomic E-state index is 0.202. The van der Waals surface area contributed by atoms with Crippen molar-refractivity contribution in [3.05, 3.63) is 52.4 Å². The summed E-state index contributed by atoms with van der Waals surface area (Å²) in [5.74, 6) is 0.819. The van der Waals surface area contributed by atoms with E-state index in [2.05, 4.69) is 36.4 Å². The molecule has 26 heavy (non-hydrogen) atoms. The maximum absolute atomic E-state index is 12.2. The zero-order valence-electron chi connectivity index (χ0n) is 14.8. The molecule has 0 saturated carbocycles. The molecular formula is C19H21BrN4O2. The summed E-state index contributed by atoms with van der Waals surface area (Å²) in [4.78, 5) is 16.6. The van der Waals surface area contributed by atoms with Crippen molar-refractivity contribution in [2.45, 2.75) is 26.2 Å². The fraction of sp³-hybridized carbons (Fsp3) is 0.316. The summed E-state index contributed by atoms with van der Waals surface area (Å²) in [6.07, 6.45) is 2.44. The standard InChI is InChI=1S/C19H21BrN4O2/c1-12(2)16-15(20)18(24-23-16)19(25)22-10-5-11-26-14-8-3-6-13-7-4-9-21-17(13)14/h3-4,6-9,12H,5,10-11H2,1-2H3,(H,22,25)(H,23,24). The van der Waals surface area contributed by atoms with Crippen molar-refractivity contribution >= 4 is 32.7 Å². The van der Waals surface area contributed by atoms with Gasteiger partial charge in [0.2, 0.25) is 0 Å². The predicted octanol–water partition coefficient (Wildman–Crippen LogP) is 4.04. The Labute approximate surface area is 160 Å². The Hall–Kier alpha value is -2.41. The Morgan fingerprint density at radius 2 is 2.12 bits per heavy atom. The number of pyridine rings is 1. The largest absolute Gasteiger partial charge is 0.491 e. The average molecular weight is 417 g/mol. The fourth-order valence-corrected chi connectivity index (χ4v) is 3.42. The number of H-pyrrole nitrogens is 1. The number of carbonyl (C=O) groups is 1. The quantitative estimate of drug-likeness (QED) is 0.569. The van der Waals surface area contributed by atoms with E-state index in [1.54, 1.807) is 6.20 Å². The van der Waals surface area contributed by atoms with Crippen molar-refractivity contribution in [1.29, 1.82) is 0 Å². The zero-order valence-corrected chi connectivity index (χ0v) is 16.3. The second kappa shape index (κ2) is 8.31. The van der Waals surface area contributed by atoms with Crippen LogP contribution in [-0.4, -0.2) is 34.2 Å². The van der Waals surface area contributed by atoms with Gasteiger partial charge in [-0.25, -0.2) is 0 Å². The molecule has 0 aliphatic rings. The number of fused-ring (bicyclic) bond motifs is 1. The fourth-order valence-electron chi connectivity index (χ4n) is 2.61. The Morgan fingerprint density at radius 3 is 2.88 bits per heavy atom. The Kier molecular flexibility index (Phi) is 5.88. The van der Waals surface area contributed by atoms with Crippen molar-refractivity contribution in [3.8, 4) is 5.75 Å². The van der Waals surface area contributed by atoms with E-state index >= 15 is 0 Å². The second-order valence-electron chi connectivity index (χ2n) is 6.24. The molecular weight excluding hydrogens is 396 g/mol. The summed E-state index contributed by atoms with van der Waals surface area (Å²) < 4.78 is 6.55. The summed E-state index contributed by atoms with van der Waals surface area (Å²) in [6, 6.07) is 9.76. The van der Waals surface area contributed by atoms with E-state index in [4.69, 9.17) is 4.74 Å². The first kappa shape index (κ1) is 18.4. The van der Waals surface area contributed by atoms with Crippen LogP contribution in [-0.2, 0) is 0 Å². The molecule has 2 heterocycles. The number of hydrogen-bond donors (Lipinski definition) is 2. The monoisotopic (exact) mass is 416 g/mol. The van der Waals surface area contributed by atoms with E-state index in [0.717, 1.165) is 26.8 Å². The number of nitrogens with zero attached hydrogens (tertiary/aromatic N) is 2. The molecule has 6 nitrogen and oxygen atoms in total. The molecule has 1 amide bonds. The van der Waals surface area contributed by atoms with Crippen LogP contribution < -0.4 is 10.1 Å². The number of benzene rings is 1. The number of rotatable bonds is 7. The van der Waals surface area contributed by atoms with Crippen LogP contribution >= 0.6 is 15.9 Å². The van der Waals surface area contributed by atoms with Gasteiger partial charge in [0.1, 0.15) is 11.3 Å². The van der Waals surface area contributed by atoms with Gasteiger partial charge in [0, 0.05) is 18.1 Å². The second-order valence-corrected chi connectivity index (χ2v) is 7.04. The van der Waals surface area contributed by atoms with Crippen molar-refractivity contribution in [3.63, 3.8) is 0 Å². The topological polar surface area (TPSA) is 79.9 Å². The number of amides is 1. The number of halogens is 1. The van der Waals surface area contributed by atoms with Gasteiger partial charge in [0.05, 0.1) is 16.8 Å². The van der Waals surface area contributed by atoms with Crippen LogP contribution in [0.1, 0.15) is 42.4 Å². The third-order valence-corrected chi connectivity index (χ3v) is 4.79. The molecule has 0 atom stereocenters. The number of aromatic amines is 1. The third kappa shape index (κ3) is 4.04. The average Bonchev–Trinajstić information content (AvgIpc) is 3.03. The number of nitrogens with one attached hydrogen (secondary N) is 2. The smallest absolute Gasteiger partial charge is 0.272 e. The van der Waals surface area contributed by atoms with E-state index in [-0.39, 0.29) is 11.8 Å². The number of aromatic nitrogens is 3. The van der Waals surface area contributed by atoms with Gasteiger partial charge < -0.3 is 10.1 Å². The Bertz CT molecular complexity index is 902. The first-order chi connectivity index (χ1) is 12.6. The maximum Gasteiger partial charge on any atom is 0.272 e. The van der Waals surface area contributed by atoms with Gasteiger partial charge in [-0.2, -0.15) is 5.10 Å². The molecule has 0 bridgehead atoms. The normalized spacial score (nSPS) is 11.1. The molecule has 2 N–H and O–H groups in total. The maximum atomic E-state index is 12.2. The molecule has 3 aromatic rings. The van der Waals surface area contributed by atoms with E-state index in [0.29, 0.717) is 25.3 Å². The first-order valence-corrected chi connectivity index (χ1v) is 9.35. The van der Waals surface area contributed by atoms with Gasteiger partial charge in [-0.15, -0.1) is 0 Å². The van der Waals surface area contributed by atoms with Crippen molar-refractivity contribution < 1.29 is 9.53 Å². The minimum atomic E-state index is -0.202. The summed E-state index contributed by atoms with van der Waals surface area (Å²) in [5.41, 5.74) is 2.15. The Balaban J connectivity index is 1.49. The van der Waals surface area contributed by atoms with Crippen molar-refractivity contribution in [1.82, 2.24) is 20.5 Å². The van der Waals surface area contributed by atoms with E-state index in [1.165, 1.54) is 0 Å². The molecule has 1 aromatic carbocycles. The van der Waals surface area contributed by atoms with Crippen molar-refractivity contribution in [2.75, 3.05) is 13.2 Å². The van der Waals surface area contributed by atoms with Crippen LogP contribution in [0.4, 0.5) is 0 Å². The number of ether oxygens (including phenoxy) is 1. The van der Waals surface area contributed by atoms with E-state index < -0.39 is 0 Å². The van der Waals surface area contributed by atoms with Gasteiger partial charge >= 0.3 is 0 Å². The first-order valence-electron chi connectivity index (χ1n) is 8.56. The van der Waals surface area contributed by atoms with Crippen molar-refractivity contribution in [2.24, 2.45) is 0 Å². The highest BCUT2D eigenvalue weighted by molar-refractivity contribution is 9.10. The van der Waals surface area contributed by atoms with Crippen LogP contribution in [0.3, 0.4) is 0 Å². The van der Waals surface area contributed by atoms with Crippen LogP contribution in [0.5, 0.6) is 5.75 Å². The van der Waals surface area contributed by atoms with Gasteiger partial charge in [0.15, 0.2) is 5.69 Å². The third-order valence-electron chi connectivity index (χ3n) is 3.98. The molecule has 3 rings (SSSR count). The lowest BCUT2D eigenvalue weighted by atomic mass is 10.1. The SMILES string of the molecule is CC(C)c1[nH]nc(C(=O)NCCCOc2cccc3cccnc23)c1Br. The minimum Gasteiger partial charge on any atom is -0.491 e. The highest BCUT2D eigenvalue weighted by atomic mass is 79.9. The van der Waals surface area contributed by atoms with Crippen LogP contribution in [0.15, 0.2) is 41.0 Å². The van der Waals surface area contributed by atoms with Gasteiger partial charge in [-0.3, -0.25) is 14.9 Å². The number of carbonyl (C=O) groups excluding carboxylic acids is 1. The molecule has 0 spiro atoms. The number of hydrogen-bond acceptors (Lipinski definition) is 4. The highest BCUT2D eigenvalue weighted by Gasteiger charge is 2.18. The molecule has 7 heteroatoms. The molecule has 2 aromatic heterocycles. The molecule has 136 valence electrons. The van der Waals surface area contributed by atoms with E-state index in [1.807, 2.05) is 44.2 Å². The molecule has 0 aliphatic heterocycles.